The predicted octanol–water partition coefficient (Wildman–Crippen LogP) is 2.18. The van der Waals surface area contributed by atoms with Gasteiger partial charge < -0.3 is 15.3 Å². The number of aliphatic hydroxyl groups is 1. The van der Waals surface area contributed by atoms with Gasteiger partial charge in [-0.05, 0) is 25.0 Å². The fraction of sp³-hybridized carbons (Fsp3) is 0.500. The van der Waals surface area contributed by atoms with Gasteiger partial charge in [-0.2, -0.15) is 0 Å². The average Bonchev–Trinajstić information content (AvgIpc) is 2.41. The van der Waals surface area contributed by atoms with Crippen molar-refractivity contribution in [2.45, 2.75) is 18.9 Å². The second-order valence-electron chi connectivity index (χ2n) is 4.93. The molecule has 2 N–H and O–H groups in total. The summed E-state index contributed by atoms with van der Waals surface area (Å²) < 4.78 is 0. The lowest BCUT2D eigenvalue weighted by Gasteiger charge is -2.29. The van der Waals surface area contributed by atoms with Crippen LogP contribution in [0.4, 0.5) is 0 Å². The van der Waals surface area contributed by atoms with Crippen molar-refractivity contribution in [1.82, 2.24) is 10.2 Å². The van der Waals surface area contributed by atoms with E-state index in [1.165, 1.54) is 0 Å². The third-order valence-electron chi connectivity index (χ3n) is 3.46. The number of nitrogens with one attached hydrogen (secondary N) is 1. The fourth-order valence-electron chi connectivity index (χ4n) is 2.27. The quantitative estimate of drug-likeness (QED) is 0.895. The highest BCUT2D eigenvalue weighted by atomic mass is 35.5. The Morgan fingerprint density at radius 1 is 1.30 bits per heavy atom. The Hall–Kier alpha value is -0.810. The highest BCUT2D eigenvalue weighted by molar-refractivity contribution is 6.39. The number of aliphatic hydroxyl groups excluding tert-OH is 1. The Morgan fingerprint density at radius 2 is 1.90 bits per heavy atom. The zero-order valence-electron chi connectivity index (χ0n) is 11.1. The lowest BCUT2D eigenvalue weighted by Crippen LogP contribution is -2.40. The average molecular weight is 317 g/mol. The molecule has 1 fully saturated rings. The SMILES string of the molecule is O=C(NCCN1CCC(O)CC1)c1c(Cl)cccc1Cl. The fourth-order valence-corrected chi connectivity index (χ4v) is 2.84. The normalized spacial score (nSPS) is 17.1. The summed E-state index contributed by atoms with van der Waals surface area (Å²) in [6.45, 7) is 3.03. The maximum absolute atomic E-state index is 12.0. The number of amides is 1. The Kier molecular flexibility index (Phi) is 5.66. The highest BCUT2D eigenvalue weighted by Crippen LogP contribution is 2.23. The van der Waals surface area contributed by atoms with E-state index in [1.807, 2.05) is 0 Å². The number of nitrogens with zero attached hydrogens (tertiary/aromatic N) is 1. The van der Waals surface area contributed by atoms with Crippen LogP contribution in [0.25, 0.3) is 0 Å². The molecule has 0 bridgehead atoms. The number of halogens is 2. The predicted molar refractivity (Wildman–Crippen MR) is 80.5 cm³/mol. The summed E-state index contributed by atoms with van der Waals surface area (Å²) in [5.74, 6) is -0.252. The molecule has 4 nitrogen and oxygen atoms in total. The largest absolute Gasteiger partial charge is 0.393 e. The lowest BCUT2D eigenvalue weighted by atomic mass is 10.1. The Morgan fingerprint density at radius 3 is 2.50 bits per heavy atom. The summed E-state index contributed by atoms with van der Waals surface area (Å²) in [6, 6.07) is 5.00. The van der Waals surface area contributed by atoms with Crippen LogP contribution in [0.2, 0.25) is 10.0 Å². The summed E-state index contributed by atoms with van der Waals surface area (Å²) in [5, 5.41) is 13.0. The maximum Gasteiger partial charge on any atom is 0.254 e. The first-order valence-electron chi connectivity index (χ1n) is 6.70. The van der Waals surface area contributed by atoms with E-state index in [0.29, 0.717) is 22.2 Å². The van der Waals surface area contributed by atoms with Crippen LogP contribution in [-0.2, 0) is 0 Å². The van der Waals surface area contributed by atoms with Gasteiger partial charge in [0, 0.05) is 26.2 Å². The third-order valence-corrected chi connectivity index (χ3v) is 4.09. The molecule has 1 saturated heterocycles. The summed E-state index contributed by atoms with van der Waals surface area (Å²) in [6.07, 6.45) is 1.41. The molecule has 0 radical (unpaired) electrons. The molecule has 1 aromatic rings. The summed E-state index contributed by atoms with van der Waals surface area (Å²) in [4.78, 5) is 14.3. The van der Waals surface area contributed by atoms with Crippen LogP contribution in [0.5, 0.6) is 0 Å². The van der Waals surface area contributed by atoms with Gasteiger partial charge in [0.15, 0.2) is 0 Å². The minimum atomic E-state index is -0.252. The zero-order chi connectivity index (χ0) is 14.5. The number of rotatable bonds is 4. The zero-order valence-corrected chi connectivity index (χ0v) is 12.6. The van der Waals surface area contributed by atoms with Crippen molar-refractivity contribution in [2.75, 3.05) is 26.2 Å². The van der Waals surface area contributed by atoms with Crippen LogP contribution in [-0.4, -0.2) is 48.2 Å². The van der Waals surface area contributed by atoms with E-state index in [4.69, 9.17) is 23.2 Å². The van der Waals surface area contributed by atoms with E-state index < -0.39 is 0 Å². The minimum Gasteiger partial charge on any atom is -0.393 e. The first-order chi connectivity index (χ1) is 9.58. The second-order valence-corrected chi connectivity index (χ2v) is 5.74. The van der Waals surface area contributed by atoms with Crippen LogP contribution in [0, 0.1) is 0 Å². The topological polar surface area (TPSA) is 52.6 Å². The van der Waals surface area contributed by atoms with Gasteiger partial charge in [-0.25, -0.2) is 0 Å². The summed E-state index contributed by atoms with van der Waals surface area (Å²) in [7, 11) is 0. The number of benzene rings is 1. The molecule has 0 aliphatic carbocycles. The van der Waals surface area contributed by atoms with E-state index in [0.717, 1.165) is 32.5 Å². The number of hydrogen-bond donors (Lipinski definition) is 2. The molecule has 20 heavy (non-hydrogen) atoms. The molecular formula is C14H18Cl2N2O2. The molecule has 2 rings (SSSR count). The van der Waals surface area contributed by atoms with E-state index >= 15 is 0 Å². The molecule has 110 valence electrons. The summed E-state index contributed by atoms with van der Waals surface area (Å²) >= 11 is 12.0. The molecule has 0 unspecified atom stereocenters. The van der Waals surface area contributed by atoms with Gasteiger partial charge in [-0.3, -0.25) is 4.79 Å². The molecule has 0 atom stereocenters. The second kappa shape index (κ2) is 7.27. The molecule has 1 aliphatic heterocycles. The van der Waals surface area contributed by atoms with E-state index in [2.05, 4.69) is 10.2 Å². The van der Waals surface area contributed by atoms with Crippen molar-refractivity contribution < 1.29 is 9.90 Å². The molecule has 0 saturated carbocycles. The van der Waals surface area contributed by atoms with Crippen molar-refractivity contribution >= 4 is 29.1 Å². The van der Waals surface area contributed by atoms with Crippen LogP contribution < -0.4 is 5.32 Å². The first-order valence-corrected chi connectivity index (χ1v) is 7.46. The number of carbonyl (C=O) groups is 1. The molecular weight excluding hydrogens is 299 g/mol. The number of hydrogen-bond acceptors (Lipinski definition) is 3. The van der Waals surface area contributed by atoms with Crippen LogP contribution in [0.3, 0.4) is 0 Å². The van der Waals surface area contributed by atoms with Gasteiger partial charge >= 0.3 is 0 Å². The van der Waals surface area contributed by atoms with Crippen LogP contribution in [0.15, 0.2) is 18.2 Å². The van der Waals surface area contributed by atoms with Crippen molar-refractivity contribution in [3.05, 3.63) is 33.8 Å². The standard InChI is InChI=1S/C14H18Cl2N2O2/c15-11-2-1-3-12(16)13(11)14(20)17-6-9-18-7-4-10(19)5-8-18/h1-3,10,19H,4-9H2,(H,17,20). The van der Waals surface area contributed by atoms with E-state index in [9.17, 15) is 9.90 Å². The van der Waals surface area contributed by atoms with Gasteiger partial charge in [-0.15, -0.1) is 0 Å². The van der Waals surface area contributed by atoms with Crippen molar-refractivity contribution in [3.63, 3.8) is 0 Å². The van der Waals surface area contributed by atoms with Gasteiger partial charge in [0.25, 0.3) is 5.91 Å². The van der Waals surface area contributed by atoms with Gasteiger partial charge in [-0.1, -0.05) is 29.3 Å². The Balaban J connectivity index is 1.81. The molecule has 1 heterocycles. The van der Waals surface area contributed by atoms with Crippen molar-refractivity contribution in [1.29, 1.82) is 0 Å². The van der Waals surface area contributed by atoms with E-state index in [-0.39, 0.29) is 12.0 Å². The third kappa shape index (κ3) is 4.09. The molecule has 0 spiro atoms. The monoisotopic (exact) mass is 316 g/mol. The lowest BCUT2D eigenvalue weighted by molar-refractivity contribution is 0.0804. The van der Waals surface area contributed by atoms with Gasteiger partial charge in [0.2, 0.25) is 0 Å². The molecule has 1 aliphatic rings. The molecule has 0 aromatic heterocycles. The van der Waals surface area contributed by atoms with Crippen LogP contribution >= 0.6 is 23.2 Å². The van der Waals surface area contributed by atoms with Crippen LogP contribution in [0.1, 0.15) is 23.2 Å². The Labute approximate surface area is 128 Å². The summed E-state index contributed by atoms with van der Waals surface area (Å²) in [5.41, 5.74) is 0.324. The smallest absolute Gasteiger partial charge is 0.254 e. The van der Waals surface area contributed by atoms with Gasteiger partial charge in [0.05, 0.1) is 21.7 Å². The molecule has 6 heteroatoms. The minimum absolute atomic E-state index is 0.178. The van der Waals surface area contributed by atoms with Crippen molar-refractivity contribution in [3.8, 4) is 0 Å². The maximum atomic E-state index is 12.0. The highest BCUT2D eigenvalue weighted by Gasteiger charge is 2.17. The Bertz CT molecular complexity index is 454. The number of likely N-dealkylation sites (tertiary alicyclic amines) is 1. The van der Waals surface area contributed by atoms with E-state index in [1.54, 1.807) is 18.2 Å². The molecule has 1 amide bonds. The van der Waals surface area contributed by atoms with Gasteiger partial charge in [0.1, 0.15) is 0 Å². The van der Waals surface area contributed by atoms with Crippen molar-refractivity contribution in [2.24, 2.45) is 0 Å². The molecule has 1 aromatic carbocycles. The first kappa shape index (κ1) is 15.6. The number of piperidine rings is 1. The number of carbonyl (C=O) groups excluding carboxylic acids is 1.